The fraction of sp³-hybridized carbons (Fsp3) is 0.600. The number of nitrogens with zero attached hydrogens (tertiary/aromatic N) is 3. The Morgan fingerprint density at radius 3 is 2.79 bits per heavy atom. The molecule has 1 aliphatic rings. The third kappa shape index (κ3) is 1.31. The van der Waals surface area contributed by atoms with Crippen LogP contribution in [0.3, 0.4) is 0 Å². The molecule has 4 nitrogen and oxygen atoms in total. The number of amides is 1. The SMILES string of the molecule is Cc1cc2n(n1)CCN(C(C)C)C2=O. The van der Waals surface area contributed by atoms with Crippen LogP contribution in [0.1, 0.15) is 30.0 Å². The summed E-state index contributed by atoms with van der Waals surface area (Å²) in [6.07, 6.45) is 0. The van der Waals surface area contributed by atoms with Crippen molar-refractivity contribution in [2.24, 2.45) is 0 Å². The van der Waals surface area contributed by atoms with Crippen LogP contribution in [-0.4, -0.2) is 33.2 Å². The van der Waals surface area contributed by atoms with Crippen molar-refractivity contribution < 1.29 is 4.79 Å². The fourth-order valence-electron chi connectivity index (χ4n) is 1.83. The normalized spacial score (nSPS) is 16.3. The molecule has 1 amide bonds. The van der Waals surface area contributed by atoms with Gasteiger partial charge in [-0.2, -0.15) is 5.10 Å². The molecule has 0 saturated carbocycles. The first-order valence-corrected chi connectivity index (χ1v) is 4.95. The first-order valence-electron chi connectivity index (χ1n) is 4.95. The molecular weight excluding hydrogens is 178 g/mol. The topological polar surface area (TPSA) is 38.1 Å². The highest BCUT2D eigenvalue weighted by Crippen LogP contribution is 2.15. The van der Waals surface area contributed by atoms with Crippen LogP contribution in [0, 0.1) is 6.92 Å². The molecule has 0 N–H and O–H groups in total. The van der Waals surface area contributed by atoms with E-state index < -0.39 is 0 Å². The van der Waals surface area contributed by atoms with Crippen LogP contribution in [0.5, 0.6) is 0 Å². The van der Waals surface area contributed by atoms with Crippen molar-refractivity contribution in [1.29, 1.82) is 0 Å². The maximum Gasteiger partial charge on any atom is 0.272 e. The van der Waals surface area contributed by atoms with Crippen molar-refractivity contribution in [3.8, 4) is 0 Å². The predicted molar refractivity (Wildman–Crippen MR) is 53.1 cm³/mol. The minimum atomic E-state index is 0.104. The molecule has 0 radical (unpaired) electrons. The van der Waals surface area contributed by atoms with E-state index in [0.29, 0.717) is 0 Å². The van der Waals surface area contributed by atoms with E-state index in [4.69, 9.17) is 0 Å². The van der Waals surface area contributed by atoms with Gasteiger partial charge in [0.05, 0.1) is 12.2 Å². The van der Waals surface area contributed by atoms with Gasteiger partial charge in [0.15, 0.2) is 0 Å². The second kappa shape index (κ2) is 3.12. The van der Waals surface area contributed by atoms with Crippen LogP contribution < -0.4 is 0 Å². The van der Waals surface area contributed by atoms with Crippen LogP contribution >= 0.6 is 0 Å². The van der Waals surface area contributed by atoms with Gasteiger partial charge < -0.3 is 4.90 Å². The summed E-state index contributed by atoms with van der Waals surface area (Å²) in [4.78, 5) is 13.8. The summed E-state index contributed by atoms with van der Waals surface area (Å²) in [6, 6.07) is 2.13. The van der Waals surface area contributed by atoms with E-state index in [0.717, 1.165) is 24.5 Å². The lowest BCUT2D eigenvalue weighted by atomic mass is 10.2. The number of hydrogen-bond donors (Lipinski definition) is 0. The molecule has 1 aromatic rings. The van der Waals surface area contributed by atoms with Gasteiger partial charge in [0.2, 0.25) is 0 Å². The second-order valence-corrected chi connectivity index (χ2v) is 3.99. The molecule has 1 aromatic heterocycles. The summed E-state index contributed by atoms with van der Waals surface area (Å²) in [5.41, 5.74) is 1.64. The summed E-state index contributed by atoms with van der Waals surface area (Å²) in [7, 11) is 0. The number of aryl methyl sites for hydroxylation is 1. The molecule has 0 fully saturated rings. The number of carbonyl (C=O) groups excluding carboxylic acids is 1. The highest BCUT2D eigenvalue weighted by Gasteiger charge is 2.27. The molecule has 0 aromatic carbocycles. The van der Waals surface area contributed by atoms with Crippen molar-refractivity contribution in [3.63, 3.8) is 0 Å². The van der Waals surface area contributed by atoms with Crippen LogP contribution in [0.4, 0.5) is 0 Å². The summed E-state index contributed by atoms with van der Waals surface area (Å²) in [5.74, 6) is 0.104. The highest BCUT2D eigenvalue weighted by atomic mass is 16.2. The van der Waals surface area contributed by atoms with Gasteiger partial charge in [0.25, 0.3) is 5.91 Å². The Morgan fingerprint density at radius 2 is 2.14 bits per heavy atom. The first-order chi connectivity index (χ1) is 6.59. The van der Waals surface area contributed by atoms with E-state index in [1.54, 1.807) is 4.68 Å². The maximum absolute atomic E-state index is 11.9. The van der Waals surface area contributed by atoms with Gasteiger partial charge in [0.1, 0.15) is 5.69 Å². The monoisotopic (exact) mass is 193 g/mol. The summed E-state index contributed by atoms with van der Waals surface area (Å²) < 4.78 is 1.80. The minimum Gasteiger partial charge on any atom is -0.333 e. The molecule has 0 unspecified atom stereocenters. The van der Waals surface area contributed by atoms with E-state index in [1.807, 2.05) is 31.7 Å². The average Bonchev–Trinajstić information content (AvgIpc) is 2.46. The maximum atomic E-state index is 11.9. The molecule has 2 heterocycles. The summed E-state index contributed by atoms with van der Waals surface area (Å²) in [6.45, 7) is 7.57. The number of carbonyl (C=O) groups is 1. The Balaban J connectivity index is 2.36. The Morgan fingerprint density at radius 1 is 1.43 bits per heavy atom. The van der Waals surface area contributed by atoms with E-state index in [1.165, 1.54) is 0 Å². The molecule has 0 aliphatic carbocycles. The Hall–Kier alpha value is -1.32. The lowest BCUT2D eigenvalue weighted by Crippen LogP contribution is -2.44. The lowest BCUT2D eigenvalue weighted by molar-refractivity contribution is 0.0641. The lowest BCUT2D eigenvalue weighted by Gasteiger charge is -2.30. The molecule has 0 spiro atoms. The smallest absolute Gasteiger partial charge is 0.272 e. The number of rotatable bonds is 1. The first kappa shape index (κ1) is 9.24. The molecule has 0 saturated heterocycles. The van der Waals surface area contributed by atoms with Gasteiger partial charge in [0, 0.05) is 12.6 Å². The largest absolute Gasteiger partial charge is 0.333 e. The summed E-state index contributed by atoms with van der Waals surface area (Å²) in [5, 5.41) is 4.26. The minimum absolute atomic E-state index is 0.104. The van der Waals surface area contributed by atoms with Crippen molar-refractivity contribution >= 4 is 5.91 Å². The molecule has 4 heteroatoms. The van der Waals surface area contributed by atoms with Gasteiger partial charge >= 0.3 is 0 Å². The summed E-state index contributed by atoms with van der Waals surface area (Å²) >= 11 is 0. The van der Waals surface area contributed by atoms with Crippen molar-refractivity contribution in [1.82, 2.24) is 14.7 Å². The van der Waals surface area contributed by atoms with Gasteiger partial charge in [-0.25, -0.2) is 0 Å². The zero-order chi connectivity index (χ0) is 10.3. The molecule has 1 aliphatic heterocycles. The van der Waals surface area contributed by atoms with Crippen molar-refractivity contribution in [2.75, 3.05) is 6.54 Å². The second-order valence-electron chi connectivity index (χ2n) is 3.99. The van der Waals surface area contributed by atoms with E-state index in [9.17, 15) is 4.79 Å². The highest BCUT2D eigenvalue weighted by molar-refractivity contribution is 5.93. The van der Waals surface area contributed by atoms with Crippen LogP contribution in [0.25, 0.3) is 0 Å². The van der Waals surface area contributed by atoms with Gasteiger partial charge in [-0.3, -0.25) is 9.48 Å². The fourth-order valence-corrected chi connectivity index (χ4v) is 1.83. The predicted octanol–water partition coefficient (Wildman–Crippen LogP) is 1.06. The third-order valence-electron chi connectivity index (χ3n) is 2.56. The van der Waals surface area contributed by atoms with Crippen LogP contribution in [0.2, 0.25) is 0 Å². The van der Waals surface area contributed by atoms with Crippen molar-refractivity contribution in [2.45, 2.75) is 33.4 Å². The zero-order valence-corrected chi connectivity index (χ0v) is 8.82. The molecule has 76 valence electrons. The number of fused-ring (bicyclic) bond motifs is 1. The Bertz CT molecular complexity index is 367. The standard InChI is InChI=1S/C10H15N3O/c1-7(2)12-4-5-13-9(10(12)14)6-8(3)11-13/h6-7H,4-5H2,1-3H3. The third-order valence-corrected chi connectivity index (χ3v) is 2.56. The Labute approximate surface area is 83.5 Å². The molecule has 2 rings (SSSR count). The molecule has 0 atom stereocenters. The average molecular weight is 193 g/mol. The number of hydrogen-bond acceptors (Lipinski definition) is 2. The van der Waals surface area contributed by atoms with E-state index in [2.05, 4.69) is 5.10 Å². The van der Waals surface area contributed by atoms with Crippen molar-refractivity contribution in [3.05, 3.63) is 17.5 Å². The number of aromatic nitrogens is 2. The van der Waals surface area contributed by atoms with Gasteiger partial charge in [-0.1, -0.05) is 0 Å². The molecule has 14 heavy (non-hydrogen) atoms. The van der Waals surface area contributed by atoms with E-state index in [-0.39, 0.29) is 11.9 Å². The van der Waals surface area contributed by atoms with E-state index >= 15 is 0 Å². The van der Waals surface area contributed by atoms with Gasteiger partial charge in [-0.15, -0.1) is 0 Å². The van der Waals surface area contributed by atoms with Crippen LogP contribution in [-0.2, 0) is 6.54 Å². The molecular formula is C10H15N3O. The van der Waals surface area contributed by atoms with Crippen LogP contribution in [0.15, 0.2) is 6.07 Å². The Kier molecular flexibility index (Phi) is 2.06. The molecule has 0 bridgehead atoms. The quantitative estimate of drug-likeness (QED) is 0.668. The zero-order valence-electron chi connectivity index (χ0n) is 8.82. The van der Waals surface area contributed by atoms with Gasteiger partial charge in [-0.05, 0) is 26.8 Å².